The van der Waals surface area contributed by atoms with Gasteiger partial charge in [-0.2, -0.15) is 5.10 Å². The highest BCUT2D eigenvalue weighted by Crippen LogP contribution is 2.24. The predicted octanol–water partition coefficient (Wildman–Crippen LogP) is 2.26. The van der Waals surface area contributed by atoms with Gasteiger partial charge in [-0.15, -0.1) is 0 Å². The number of hydrogen-bond donors (Lipinski definition) is 2. The summed E-state index contributed by atoms with van der Waals surface area (Å²) in [6, 6.07) is 8.13. The molecule has 0 aliphatic rings. The summed E-state index contributed by atoms with van der Waals surface area (Å²) in [7, 11) is 0. The standard InChI is InChI=1S/C11H10N4/c1-7-13-11(15-14-7)9-4-2-3-8-5-6-12-10(8)9/h2-6,12H,1H3,(H,13,14,15). The highest BCUT2D eigenvalue weighted by atomic mass is 15.2. The van der Waals surface area contributed by atoms with Crippen LogP contribution in [0.5, 0.6) is 0 Å². The number of para-hydroxylation sites is 1. The van der Waals surface area contributed by atoms with E-state index < -0.39 is 0 Å². The number of nitrogens with zero attached hydrogens (tertiary/aromatic N) is 2. The van der Waals surface area contributed by atoms with Crippen LogP contribution in [0.25, 0.3) is 22.3 Å². The second kappa shape index (κ2) is 2.95. The van der Waals surface area contributed by atoms with Crippen LogP contribution in [0.1, 0.15) is 5.82 Å². The number of nitrogens with one attached hydrogen (secondary N) is 2. The second-order valence-electron chi connectivity index (χ2n) is 3.49. The molecule has 0 aliphatic heterocycles. The molecule has 2 N–H and O–H groups in total. The van der Waals surface area contributed by atoms with Crippen LogP contribution in [-0.4, -0.2) is 20.2 Å². The molecule has 0 spiro atoms. The molecule has 2 heterocycles. The maximum atomic E-state index is 4.32. The Morgan fingerprint density at radius 2 is 2.13 bits per heavy atom. The average Bonchev–Trinajstić information content (AvgIpc) is 2.84. The molecule has 0 saturated heterocycles. The minimum absolute atomic E-state index is 0.737. The van der Waals surface area contributed by atoms with Crippen molar-refractivity contribution >= 4 is 10.9 Å². The molecule has 0 unspecified atom stereocenters. The van der Waals surface area contributed by atoms with Crippen molar-refractivity contribution in [3.05, 3.63) is 36.3 Å². The Morgan fingerprint density at radius 1 is 1.20 bits per heavy atom. The minimum atomic E-state index is 0.737. The van der Waals surface area contributed by atoms with E-state index in [1.165, 1.54) is 5.39 Å². The van der Waals surface area contributed by atoms with E-state index >= 15 is 0 Å². The summed E-state index contributed by atoms with van der Waals surface area (Å²) in [4.78, 5) is 7.53. The molecule has 0 atom stereocenters. The van der Waals surface area contributed by atoms with Gasteiger partial charge in [0.1, 0.15) is 5.82 Å². The van der Waals surface area contributed by atoms with Crippen molar-refractivity contribution < 1.29 is 0 Å². The van der Waals surface area contributed by atoms with Crippen LogP contribution in [0.15, 0.2) is 30.5 Å². The Morgan fingerprint density at radius 3 is 2.93 bits per heavy atom. The average molecular weight is 198 g/mol. The van der Waals surface area contributed by atoms with Gasteiger partial charge < -0.3 is 4.98 Å². The summed E-state index contributed by atoms with van der Waals surface area (Å²) in [5.74, 6) is 1.56. The number of hydrogen-bond acceptors (Lipinski definition) is 2. The van der Waals surface area contributed by atoms with Gasteiger partial charge in [-0.1, -0.05) is 12.1 Å². The lowest BCUT2D eigenvalue weighted by Crippen LogP contribution is -1.82. The van der Waals surface area contributed by atoms with Crippen molar-refractivity contribution in [2.75, 3.05) is 0 Å². The van der Waals surface area contributed by atoms with Gasteiger partial charge in [-0.3, -0.25) is 5.10 Å². The molecule has 0 aliphatic carbocycles. The number of benzene rings is 1. The Hall–Kier alpha value is -2.10. The van der Waals surface area contributed by atoms with Crippen LogP contribution in [0.2, 0.25) is 0 Å². The zero-order chi connectivity index (χ0) is 10.3. The zero-order valence-corrected chi connectivity index (χ0v) is 8.28. The summed E-state index contributed by atoms with van der Waals surface area (Å²) in [6.45, 7) is 1.89. The number of aromatic amines is 2. The molecule has 0 bridgehead atoms. The molecule has 3 rings (SSSR count). The normalized spacial score (nSPS) is 11.0. The molecule has 15 heavy (non-hydrogen) atoms. The fourth-order valence-corrected chi connectivity index (χ4v) is 1.73. The van der Waals surface area contributed by atoms with Crippen LogP contribution in [0.3, 0.4) is 0 Å². The third-order valence-electron chi connectivity index (χ3n) is 2.43. The molecule has 74 valence electrons. The van der Waals surface area contributed by atoms with E-state index in [0.29, 0.717) is 0 Å². The van der Waals surface area contributed by atoms with Gasteiger partial charge in [0.25, 0.3) is 0 Å². The van der Waals surface area contributed by atoms with Crippen molar-refractivity contribution in [1.82, 2.24) is 20.2 Å². The molecule has 0 radical (unpaired) electrons. The van der Waals surface area contributed by atoms with Gasteiger partial charge in [-0.05, 0) is 19.1 Å². The number of rotatable bonds is 1. The molecule has 1 aromatic carbocycles. The first-order valence-electron chi connectivity index (χ1n) is 4.80. The lowest BCUT2D eigenvalue weighted by Gasteiger charge is -1.97. The molecule has 4 heteroatoms. The topological polar surface area (TPSA) is 57.4 Å². The Kier molecular flexibility index (Phi) is 1.62. The maximum Gasteiger partial charge on any atom is 0.183 e. The van der Waals surface area contributed by atoms with Crippen LogP contribution in [0.4, 0.5) is 0 Å². The summed E-state index contributed by atoms with van der Waals surface area (Å²) >= 11 is 0. The fourth-order valence-electron chi connectivity index (χ4n) is 1.73. The molecule has 0 saturated carbocycles. The smallest absolute Gasteiger partial charge is 0.183 e. The minimum Gasteiger partial charge on any atom is -0.361 e. The van der Waals surface area contributed by atoms with Crippen molar-refractivity contribution in [2.24, 2.45) is 0 Å². The lowest BCUT2D eigenvalue weighted by molar-refractivity contribution is 1.04. The summed E-state index contributed by atoms with van der Waals surface area (Å²) < 4.78 is 0. The van der Waals surface area contributed by atoms with Gasteiger partial charge in [0, 0.05) is 17.1 Å². The summed E-state index contributed by atoms with van der Waals surface area (Å²) in [5, 5.41) is 8.18. The number of aryl methyl sites for hydroxylation is 1. The van der Waals surface area contributed by atoms with E-state index in [9.17, 15) is 0 Å². The first kappa shape index (κ1) is 8.23. The van der Waals surface area contributed by atoms with Crippen molar-refractivity contribution in [3.8, 4) is 11.4 Å². The van der Waals surface area contributed by atoms with Crippen LogP contribution < -0.4 is 0 Å². The summed E-state index contributed by atoms with van der Waals surface area (Å²) in [6.07, 6.45) is 1.92. The van der Waals surface area contributed by atoms with E-state index in [-0.39, 0.29) is 0 Å². The summed E-state index contributed by atoms with van der Waals surface area (Å²) in [5.41, 5.74) is 2.11. The molecule has 4 nitrogen and oxygen atoms in total. The van der Waals surface area contributed by atoms with Gasteiger partial charge in [0.05, 0.1) is 5.52 Å². The zero-order valence-electron chi connectivity index (χ0n) is 8.28. The molecule has 3 aromatic rings. The van der Waals surface area contributed by atoms with E-state index in [0.717, 1.165) is 22.7 Å². The molecule has 0 amide bonds. The number of aromatic nitrogens is 4. The van der Waals surface area contributed by atoms with Crippen molar-refractivity contribution in [3.63, 3.8) is 0 Å². The van der Waals surface area contributed by atoms with Gasteiger partial charge in [-0.25, -0.2) is 4.98 Å². The molecular weight excluding hydrogens is 188 g/mol. The van der Waals surface area contributed by atoms with E-state index in [1.807, 2.05) is 31.3 Å². The number of fused-ring (bicyclic) bond motifs is 1. The van der Waals surface area contributed by atoms with Crippen LogP contribution in [-0.2, 0) is 0 Å². The van der Waals surface area contributed by atoms with E-state index in [2.05, 4.69) is 26.2 Å². The third-order valence-corrected chi connectivity index (χ3v) is 2.43. The number of H-pyrrole nitrogens is 2. The van der Waals surface area contributed by atoms with Crippen LogP contribution in [0, 0.1) is 6.92 Å². The lowest BCUT2D eigenvalue weighted by atomic mass is 10.1. The maximum absolute atomic E-state index is 4.32. The third kappa shape index (κ3) is 1.22. The monoisotopic (exact) mass is 198 g/mol. The fraction of sp³-hybridized carbons (Fsp3) is 0.0909. The van der Waals surface area contributed by atoms with Gasteiger partial charge >= 0.3 is 0 Å². The van der Waals surface area contributed by atoms with Crippen LogP contribution >= 0.6 is 0 Å². The quantitative estimate of drug-likeness (QED) is 0.630. The van der Waals surface area contributed by atoms with E-state index in [1.54, 1.807) is 0 Å². The first-order valence-corrected chi connectivity index (χ1v) is 4.80. The van der Waals surface area contributed by atoms with E-state index in [4.69, 9.17) is 0 Å². The first-order chi connectivity index (χ1) is 7.34. The molecular formula is C11H10N4. The molecule has 0 fully saturated rings. The molecule has 2 aromatic heterocycles. The Balaban J connectivity index is 2.30. The Labute approximate surface area is 86.4 Å². The van der Waals surface area contributed by atoms with Crippen molar-refractivity contribution in [1.29, 1.82) is 0 Å². The van der Waals surface area contributed by atoms with Gasteiger partial charge in [0.2, 0.25) is 0 Å². The van der Waals surface area contributed by atoms with Crippen molar-refractivity contribution in [2.45, 2.75) is 6.92 Å². The van der Waals surface area contributed by atoms with Gasteiger partial charge in [0.15, 0.2) is 5.82 Å². The highest BCUT2D eigenvalue weighted by Gasteiger charge is 2.08. The largest absolute Gasteiger partial charge is 0.361 e. The Bertz CT molecular complexity index is 606. The second-order valence-corrected chi connectivity index (χ2v) is 3.49. The SMILES string of the molecule is Cc1nc(-c2cccc3cc[nH]c23)n[nH]1. The predicted molar refractivity (Wildman–Crippen MR) is 58.4 cm³/mol. The highest BCUT2D eigenvalue weighted by molar-refractivity contribution is 5.92.